The van der Waals surface area contributed by atoms with E-state index in [1.54, 1.807) is 19.2 Å². The van der Waals surface area contributed by atoms with Crippen molar-refractivity contribution in [2.24, 2.45) is 5.92 Å². The minimum absolute atomic E-state index is 0.0141. The minimum Gasteiger partial charge on any atom is -0.377 e. The molecule has 4 atom stereocenters. The van der Waals surface area contributed by atoms with Crippen molar-refractivity contribution in [1.29, 1.82) is 0 Å². The Labute approximate surface area is 201 Å². The van der Waals surface area contributed by atoms with E-state index in [9.17, 15) is 14.4 Å². The first kappa shape index (κ1) is 24.6. The highest BCUT2D eigenvalue weighted by Crippen LogP contribution is 2.30. The summed E-state index contributed by atoms with van der Waals surface area (Å²) in [5, 5.41) is 2.93. The van der Waals surface area contributed by atoms with Crippen LogP contribution in [0.3, 0.4) is 0 Å². The zero-order valence-corrected chi connectivity index (χ0v) is 20.5. The number of likely N-dealkylation sites (tertiary alicyclic amines) is 1. The fourth-order valence-electron chi connectivity index (χ4n) is 5.07. The molecule has 34 heavy (non-hydrogen) atoms. The van der Waals surface area contributed by atoms with Gasteiger partial charge in [-0.15, -0.1) is 0 Å². The highest BCUT2D eigenvalue weighted by molar-refractivity contribution is 5.99. The van der Waals surface area contributed by atoms with E-state index in [2.05, 4.69) is 22.2 Å². The van der Waals surface area contributed by atoms with Crippen LogP contribution in [0.15, 0.2) is 24.3 Å². The summed E-state index contributed by atoms with van der Waals surface area (Å²) >= 11 is 0. The monoisotopic (exact) mass is 472 g/mol. The molecular weight excluding hydrogens is 436 g/mol. The van der Waals surface area contributed by atoms with Gasteiger partial charge in [-0.1, -0.05) is 13.8 Å². The van der Waals surface area contributed by atoms with Crippen molar-refractivity contribution in [2.45, 2.75) is 44.6 Å². The van der Waals surface area contributed by atoms with Crippen LogP contribution in [0.4, 0.5) is 5.69 Å². The van der Waals surface area contributed by atoms with Crippen LogP contribution in [-0.4, -0.2) is 105 Å². The predicted octanol–water partition coefficient (Wildman–Crippen LogP) is 0.777. The number of ketones is 1. The number of nitrogens with zero attached hydrogens (tertiary/aromatic N) is 3. The number of hydrogen-bond acceptors (Lipinski definition) is 7. The van der Waals surface area contributed by atoms with E-state index in [1.807, 2.05) is 26.0 Å². The van der Waals surface area contributed by atoms with Crippen molar-refractivity contribution in [3.8, 4) is 0 Å². The smallest absolute Gasteiger partial charge is 0.251 e. The summed E-state index contributed by atoms with van der Waals surface area (Å²) in [6.45, 7) is 8.21. The largest absolute Gasteiger partial charge is 0.377 e. The molecule has 9 heteroatoms. The number of carbonyl (C=O) groups is 3. The molecule has 9 nitrogen and oxygen atoms in total. The number of methoxy groups -OCH3 is 1. The maximum Gasteiger partial charge on any atom is 0.251 e. The average Bonchev–Trinajstić information content (AvgIpc) is 3.39. The van der Waals surface area contributed by atoms with Crippen molar-refractivity contribution >= 4 is 23.3 Å². The van der Waals surface area contributed by atoms with Crippen LogP contribution in [0.5, 0.6) is 0 Å². The molecule has 4 rings (SSSR count). The number of Topliss-reactive ketones (excluding diaryl/α,β-unsaturated/α-hetero) is 1. The Morgan fingerprint density at radius 2 is 1.82 bits per heavy atom. The third-order valence-corrected chi connectivity index (χ3v) is 7.03. The Balaban J connectivity index is 1.45. The van der Waals surface area contributed by atoms with Gasteiger partial charge < -0.3 is 29.5 Å². The number of amides is 2. The number of ether oxygens (including phenoxy) is 2. The molecule has 3 fully saturated rings. The lowest BCUT2D eigenvalue weighted by Gasteiger charge is -2.34. The summed E-state index contributed by atoms with van der Waals surface area (Å²) in [4.78, 5) is 45.2. The number of carbonyl (C=O) groups excluding carboxylic acids is 3. The van der Waals surface area contributed by atoms with Crippen molar-refractivity contribution in [3.63, 3.8) is 0 Å². The van der Waals surface area contributed by atoms with Gasteiger partial charge in [0.1, 0.15) is 30.9 Å². The standard InChI is InChI=1S/C25H36N4O5/c1-16(2)13-19(25(32)29-14-21(33-4)23-22(29)20(30)15-34-23)26-24(31)17-5-7-18(8-6-17)28-11-9-27(3)10-12-28/h5-8,16,19,21-23H,9-15H2,1-4H3,(H,26,31)/t19-,21-,22+,23+/m0/s1. The number of rotatable bonds is 7. The summed E-state index contributed by atoms with van der Waals surface area (Å²) in [5.41, 5.74) is 1.60. The Hall–Kier alpha value is -2.49. The van der Waals surface area contributed by atoms with E-state index in [4.69, 9.17) is 9.47 Å². The van der Waals surface area contributed by atoms with Crippen molar-refractivity contribution in [2.75, 3.05) is 58.4 Å². The van der Waals surface area contributed by atoms with Crippen LogP contribution in [0.1, 0.15) is 30.6 Å². The van der Waals surface area contributed by atoms with Gasteiger partial charge in [0.25, 0.3) is 5.91 Å². The molecule has 1 N–H and O–H groups in total. The number of fused-ring (bicyclic) bond motifs is 1. The van der Waals surface area contributed by atoms with Gasteiger partial charge in [-0.2, -0.15) is 0 Å². The highest BCUT2D eigenvalue weighted by Gasteiger charge is 2.53. The molecule has 1 aromatic carbocycles. The second kappa shape index (κ2) is 10.4. The first-order chi connectivity index (χ1) is 16.3. The van der Waals surface area contributed by atoms with E-state index in [-0.39, 0.29) is 42.8 Å². The summed E-state index contributed by atoms with van der Waals surface area (Å²) in [6.07, 6.45) is -0.318. The molecule has 3 saturated heterocycles. The lowest BCUT2D eigenvalue weighted by molar-refractivity contribution is -0.138. The van der Waals surface area contributed by atoms with Gasteiger partial charge in [0.05, 0.1) is 6.54 Å². The Bertz CT molecular complexity index is 897. The van der Waals surface area contributed by atoms with Crippen LogP contribution < -0.4 is 10.2 Å². The Morgan fingerprint density at radius 1 is 1.15 bits per heavy atom. The molecule has 3 heterocycles. The molecule has 0 radical (unpaired) electrons. The number of anilines is 1. The van der Waals surface area contributed by atoms with Gasteiger partial charge in [-0.05, 0) is 43.7 Å². The molecule has 0 aliphatic carbocycles. The molecule has 1 aromatic rings. The number of benzene rings is 1. The first-order valence-corrected chi connectivity index (χ1v) is 12.1. The van der Waals surface area contributed by atoms with Gasteiger partial charge in [-0.3, -0.25) is 14.4 Å². The van der Waals surface area contributed by atoms with Crippen molar-refractivity contribution in [1.82, 2.24) is 15.1 Å². The third kappa shape index (κ3) is 5.11. The van der Waals surface area contributed by atoms with Crippen LogP contribution >= 0.6 is 0 Å². The van der Waals surface area contributed by atoms with Crippen molar-refractivity contribution in [3.05, 3.63) is 29.8 Å². The highest BCUT2D eigenvalue weighted by atomic mass is 16.5. The quantitative estimate of drug-likeness (QED) is 0.627. The van der Waals surface area contributed by atoms with E-state index in [0.717, 1.165) is 31.9 Å². The topological polar surface area (TPSA) is 91.4 Å². The Kier molecular flexibility index (Phi) is 7.54. The molecule has 0 spiro atoms. The lowest BCUT2D eigenvalue weighted by Crippen LogP contribution is -2.52. The normalized spacial score (nSPS) is 26.1. The predicted molar refractivity (Wildman–Crippen MR) is 128 cm³/mol. The molecule has 3 aliphatic heterocycles. The van der Waals surface area contributed by atoms with Gasteiger partial charge >= 0.3 is 0 Å². The van der Waals surface area contributed by atoms with Crippen molar-refractivity contribution < 1.29 is 23.9 Å². The average molecular weight is 473 g/mol. The van der Waals surface area contributed by atoms with Gasteiger partial charge in [0.2, 0.25) is 5.91 Å². The summed E-state index contributed by atoms with van der Waals surface area (Å²) in [6, 6.07) is 6.16. The SMILES string of the molecule is CO[C@H]1CN(C(=O)[C@H](CC(C)C)NC(=O)c2ccc(N3CCN(C)CC3)cc2)[C@@H]2C(=O)CO[C@H]12. The molecule has 0 unspecified atom stereocenters. The van der Waals surface area contributed by atoms with Gasteiger partial charge in [0, 0.05) is 44.5 Å². The molecule has 0 saturated carbocycles. The maximum atomic E-state index is 13.5. The van der Waals surface area contributed by atoms with Crippen LogP contribution in [0.2, 0.25) is 0 Å². The first-order valence-electron chi connectivity index (χ1n) is 12.1. The van der Waals surface area contributed by atoms with E-state index < -0.39 is 18.2 Å². The van der Waals surface area contributed by atoms with E-state index >= 15 is 0 Å². The van der Waals surface area contributed by atoms with Crippen LogP contribution in [0, 0.1) is 5.92 Å². The zero-order chi connectivity index (χ0) is 24.4. The molecule has 186 valence electrons. The van der Waals surface area contributed by atoms with Gasteiger partial charge in [0.15, 0.2) is 5.78 Å². The zero-order valence-electron chi connectivity index (χ0n) is 20.5. The second-order valence-electron chi connectivity index (χ2n) is 9.94. The lowest BCUT2D eigenvalue weighted by atomic mass is 10.0. The molecule has 2 amide bonds. The van der Waals surface area contributed by atoms with Crippen LogP contribution in [0.25, 0.3) is 0 Å². The third-order valence-electron chi connectivity index (χ3n) is 7.03. The number of hydrogen-bond donors (Lipinski definition) is 1. The maximum absolute atomic E-state index is 13.5. The summed E-state index contributed by atoms with van der Waals surface area (Å²) in [5.74, 6) is -0.491. The second-order valence-corrected chi connectivity index (χ2v) is 9.94. The number of likely N-dealkylation sites (N-methyl/N-ethyl adjacent to an activating group) is 1. The summed E-state index contributed by atoms with van der Waals surface area (Å²) < 4.78 is 11.1. The Morgan fingerprint density at radius 3 is 2.44 bits per heavy atom. The van der Waals surface area contributed by atoms with Gasteiger partial charge in [-0.25, -0.2) is 0 Å². The minimum atomic E-state index is -0.727. The number of piperazine rings is 1. The van der Waals surface area contributed by atoms with E-state index in [1.165, 1.54) is 4.90 Å². The molecule has 3 aliphatic rings. The van der Waals surface area contributed by atoms with Crippen LogP contribution in [-0.2, 0) is 19.1 Å². The fraction of sp³-hybridized carbons (Fsp3) is 0.640. The molecular formula is C25H36N4O5. The fourth-order valence-corrected chi connectivity index (χ4v) is 5.07. The summed E-state index contributed by atoms with van der Waals surface area (Å²) in [7, 11) is 3.67. The molecule has 0 aromatic heterocycles. The molecule has 0 bridgehead atoms. The van der Waals surface area contributed by atoms with E-state index in [0.29, 0.717) is 12.0 Å². The number of nitrogens with one attached hydrogen (secondary N) is 1.